The minimum Gasteiger partial charge on any atom is -0.488 e. The predicted molar refractivity (Wildman–Crippen MR) is 80.3 cm³/mol. The highest BCUT2D eigenvalue weighted by Gasteiger charge is 2.23. The first-order valence-electron chi connectivity index (χ1n) is 7.97. The number of aryl methyl sites for hydroxylation is 1. The molecule has 0 bridgehead atoms. The molecule has 1 N–H and O–H groups in total. The van der Waals surface area contributed by atoms with Crippen LogP contribution in [-0.4, -0.2) is 25.9 Å². The van der Waals surface area contributed by atoms with E-state index in [-0.39, 0.29) is 6.10 Å². The number of ether oxygens (including phenoxy) is 2. The largest absolute Gasteiger partial charge is 0.488 e. The average molecular weight is 275 g/mol. The molecule has 0 amide bonds. The molecule has 2 unspecified atom stereocenters. The SMILES string of the molecule is CCCNC1CCc2cc(OC3CCCOC3)ccc21. The Morgan fingerprint density at radius 2 is 2.30 bits per heavy atom. The molecule has 1 aliphatic carbocycles. The Kier molecular flexibility index (Phi) is 4.58. The van der Waals surface area contributed by atoms with Gasteiger partial charge < -0.3 is 14.8 Å². The highest BCUT2D eigenvalue weighted by atomic mass is 16.5. The summed E-state index contributed by atoms with van der Waals surface area (Å²) in [4.78, 5) is 0. The third kappa shape index (κ3) is 3.15. The van der Waals surface area contributed by atoms with Crippen LogP contribution in [-0.2, 0) is 11.2 Å². The van der Waals surface area contributed by atoms with Gasteiger partial charge in [0.15, 0.2) is 0 Å². The number of benzene rings is 1. The van der Waals surface area contributed by atoms with Crippen molar-refractivity contribution >= 4 is 0 Å². The molecule has 1 saturated heterocycles. The summed E-state index contributed by atoms with van der Waals surface area (Å²) in [5.74, 6) is 1.01. The van der Waals surface area contributed by atoms with Gasteiger partial charge in [-0.2, -0.15) is 0 Å². The maximum absolute atomic E-state index is 6.05. The molecule has 2 aliphatic rings. The van der Waals surface area contributed by atoms with Crippen molar-refractivity contribution in [1.82, 2.24) is 5.32 Å². The number of nitrogens with one attached hydrogen (secondary N) is 1. The number of hydrogen-bond donors (Lipinski definition) is 1. The normalized spacial score (nSPS) is 25.4. The first-order chi connectivity index (χ1) is 9.86. The number of rotatable bonds is 5. The number of fused-ring (bicyclic) bond motifs is 1. The van der Waals surface area contributed by atoms with Gasteiger partial charge >= 0.3 is 0 Å². The van der Waals surface area contributed by atoms with Crippen molar-refractivity contribution in [2.75, 3.05) is 19.8 Å². The van der Waals surface area contributed by atoms with Crippen LogP contribution < -0.4 is 10.1 Å². The van der Waals surface area contributed by atoms with Crippen LogP contribution in [0.3, 0.4) is 0 Å². The van der Waals surface area contributed by atoms with Gasteiger partial charge in [0, 0.05) is 12.6 Å². The molecular weight excluding hydrogens is 250 g/mol. The standard InChI is InChI=1S/C17H25NO2/c1-2-9-18-17-8-5-13-11-14(6-7-16(13)17)20-15-4-3-10-19-12-15/h6-7,11,15,17-18H,2-5,8-10,12H2,1H3. The highest BCUT2D eigenvalue weighted by Crippen LogP contribution is 2.34. The quantitative estimate of drug-likeness (QED) is 0.895. The molecule has 1 aliphatic heterocycles. The second kappa shape index (κ2) is 6.59. The second-order valence-electron chi connectivity index (χ2n) is 5.86. The van der Waals surface area contributed by atoms with Gasteiger partial charge in [0.25, 0.3) is 0 Å². The van der Waals surface area contributed by atoms with Crippen LogP contribution >= 0.6 is 0 Å². The van der Waals surface area contributed by atoms with Crippen LogP contribution in [0.4, 0.5) is 0 Å². The minimum atomic E-state index is 0.234. The summed E-state index contributed by atoms with van der Waals surface area (Å²) in [6.07, 6.45) is 6.02. The maximum atomic E-state index is 6.05. The Morgan fingerprint density at radius 1 is 1.35 bits per heavy atom. The maximum Gasteiger partial charge on any atom is 0.122 e. The summed E-state index contributed by atoms with van der Waals surface area (Å²) in [6, 6.07) is 7.14. The second-order valence-corrected chi connectivity index (χ2v) is 5.86. The monoisotopic (exact) mass is 275 g/mol. The summed E-state index contributed by atoms with van der Waals surface area (Å²) in [5.41, 5.74) is 2.92. The van der Waals surface area contributed by atoms with Crippen LogP contribution in [0, 0.1) is 0 Å². The number of hydrogen-bond acceptors (Lipinski definition) is 3. The lowest BCUT2D eigenvalue weighted by Crippen LogP contribution is -2.28. The van der Waals surface area contributed by atoms with Gasteiger partial charge in [-0.15, -0.1) is 0 Å². The molecule has 1 aromatic rings. The van der Waals surface area contributed by atoms with Gasteiger partial charge in [-0.3, -0.25) is 0 Å². The van der Waals surface area contributed by atoms with E-state index in [4.69, 9.17) is 9.47 Å². The third-order valence-electron chi connectivity index (χ3n) is 4.25. The van der Waals surface area contributed by atoms with E-state index in [1.807, 2.05) is 0 Å². The Morgan fingerprint density at radius 3 is 3.10 bits per heavy atom. The van der Waals surface area contributed by atoms with Gasteiger partial charge in [0.05, 0.1) is 6.61 Å². The van der Waals surface area contributed by atoms with E-state index >= 15 is 0 Å². The molecule has 0 spiro atoms. The molecule has 1 aromatic carbocycles. The van der Waals surface area contributed by atoms with Gasteiger partial charge in [-0.25, -0.2) is 0 Å². The van der Waals surface area contributed by atoms with E-state index in [0.29, 0.717) is 6.04 Å². The first-order valence-corrected chi connectivity index (χ1v) is 7.97. The van der Waals surface area contributed by atoms with Gasteiger partial charge in [-0.1, -0.05) is 13.0 Å². The molecule has 20 heavy (non-hydrogen) atoms. The van der Waals surface area contributed by atoms with E-state index < -0.39 is 0 Å². The fourth-order valence-corrected chi connectivity index (χ4v) is 3.19. The highest BCUT2D eigenvalue weighted by molar-refractivity contribution is 5.40. The fourth-order valence-electron chi connectivity index (χ4n) is 3.19. The van der Waals surface area contributed by atoms with Crippen molar-refractivity contribution in [3.63, 3.8) is 0 Å². The summed E-state index contributed by atoms with van der Waals surface area (Å²) in [7, 11) is 0. The van der Waals surface area contributed by atoms with Crippen LogP contribution in [0.2, 0.25) is 0 Å². The lowest BCUT2D eigenvalue weighted by molar-refractivity contribution is 0.00740. The van der Waals surface area contributed by atoms with Crippen LogP contribution in [0.15, 0.2) is 18.2 Å². The summed E-state index contributed by atoms with van der Waals surface area (Å²) in [6.45, 7) is 4.93. The predicted octanol–water partition coefficient (Wildman–Crippen LogP) is 3.23. The zero-order valence-corrected chi connectivity index (χ0v) is 12.4. The molecule has 1 heterocycles. The molecule has 3 nitrogen and oxygen atoms in total. The van der Waals surface area contributed by atoms with Gasteiger partial charge in [-0.05, 0) is 61.9 Å². The van der Waals surface area contributed by atoms with Crippen LogP contribution in [0.5, 0.6) is 5.75 Å². The van der Waals surface area contributed by atoms with Crippen LogP contribution in [0.25, 0.3) is 0 Å². The molecule has 110 valence electrons. The molecule has 0 aromatic heterocycles. The molecule has 2 atom stereocenters. The smallest absolute Gasteiger partial charge is 0.122 e. The summed E-state index contributed by atoms with van der Waals surface area (Å²) in [5, 5.41) is 3.63. The summed E-state index contributed by atoms with van der Waals surface area (Å²) >= 11 is 0. The van der Waals surface area contributed by atoms with Gasteiger partial charge in [0.2, 0.25) is 0 Å². The average Bonchev–Trinajstić information content (AvgIpc) is 2.88. The van der Waals surface area contributed by atoms with E-state index in [1.54, 1.807) is 0 Å². The van der Waals surface area contributed by atoms with E-state index in [2.05, 4.69) is 30.4 Å². The van der Waals surface area contributed by atoms with Crippen molar-refractivity contribution in [3.8, 4) is 5.75 Å². The van der Waals surface area contributed by atoms with Crippen molar-refractivity contribution < 1.29 is 9.47 Å². The molecule has 0 radical (unpaired) electrons. The summed E-state index contributed by atoms with van der Waals surface area (Å²) < 4.78 is 11.5. The third-order valence-corrected chi connectivity index (χ3v) is 4.25. The molecular formula is C17H25NO2. The van der Waals surface area contributed by atoms with E-state index in [9.17, 15) is 0 Å². The van der Waals surface area contributed by atoms with E-state index in [0.717, 1.165) is 44.8 Å². The molecule has 0 saturated carbocycles. The lowest BCUT2D eigenvalue weighted by Gasteiger charge is -2.23. The van der Waals surface area contributed by atoms with Gasteiger partial charge in [0.1, 0.15) is 11.9 Å². The Balaban J connectivity index is 1.64. The molecule has 3 rings (SSSR count). The van der Waals surface area contributed by atoms with E-state index in [1.165, 1.54) is 24.0 Å². The van der Waals surface area contributed by atoms with Crippen molar-refractivity contribution in [1.29, 1.82) is 0 Å². The zero-order valence-electron chi connectivity index (χ0n) is 12.4. The zero-order chi connectivity index (χ0) is 13.8. The topological polar surface area (TPSA) is 30.5 Å². The minimum absolute atomic E-state index is 0.234. The first kappa shape index (κ1) is 13.9. The lowest BCUT2D eigenvalue weighted by atomic mass is 10.1. The van der Waals surface area contributed by atoms with Crippen LogP contribution in [0.1, 0.15) is 49.8 Å². The van der Waals surface area contributed by atoms with Crippen molar-refractivity contribution in [2.24, 2.45) is 0 Å². The fraction of sp³-hybridized carbons (Fsp3) is 0.647. The Labute approximate surface area is 121 Å². The molecule has 3 heteroatoms. The Bertz CT molecular complexity index is 441. The van der Waals surface area contributed by atoms with Crippen molar-refractivity contribution in [2.45, 2.75) is 51.2 Å². The Hall–Kier alpha value is -1.06. The molecule has 1 fully saturated rings. The van der Waals surface area contributed by atoms with Crippen molar-refractivity contribution in [3.05, 3.63) is 29.3 Å².